The van der Waals surface area contributed by atoms with Crippen LogP contribution in [-0.4, -0.2) is 28.3 Å². The van der Waals surface area contributed by atoms with Gasteiger partial charge in [-0.2, -0.15) is 0 Å². The van der Waals surface area contributed by atoms with Crippen LogP contribution in [0.4, 0.5) is 10.9 Å². The zero-order valence-corrected chi connectivity index (χ0v) is 12.2. The Morgan fingerprint density at radius 1 is 1.33 bits per heavy atom. The van der Waals surface area contributed by atoms with Crippen LogP contribution in [0.25, 0.3) is 0 Å². The number of nitrogens with two attached hydrogens (primary N) is 1. The third-order valence-electron chi connectivity index (χ3n) is 2.48. The number of hydrogen-bond donors (Lipinski definition) is 3. The van der Waals surface area contributed by atoms with E-state index in [-0.39, 0.29) is 18.9 Å². The van der Waals surface area contributed by atoms with E-state index in [9.17, 15) is 9.59 Å². The van der Waals surface area contributed by atoms with Crippen molar-refractivity contribution in [2.75, 3.05) is 11.9 Å². The van der Waals surface area contributed by atoms with Crippen molar-refractivity contribution < 1.29 is 9.59 Å². The van der Waals surface area contributed by atoms with E-state index < -0.39 is 5.91 Å². The van der Waals surface area contributed by atoms with Crippen molar-refractivity contribution in [3.63, 3.8) is 0 Å². The Bertz CT molecular complexity index is 656. The Balaban J connectivity index is 1.92. The van der Waals surface area contributed by atoms with Crippen LogP contribution in [0.2, 0.25) is 0 Å². The van der Waals surface area contributed by atoms with E-state index >= 15 is 0 Å². The van der Waals surface area contributed by atoms with Crippen LogP contribution in [0.15, 0.2) is 23.6 Å². The minimum absolute atomic E-state index is 0.104. The lowest BCUT2D eigenvalue weighted by Gasteiger charge is -2.02. The van der Waals surface area contributed by atoms with Gasteiger partial charge in [0, 0.05) is 11.1 Å². The fourth-order valence-corrected chi connectivity index (χ4v) is 2.30. The number of carbonyl (C=O) groups excluding carboxylic acids is 2. The van der Waals surface area contributed by atoms with E-state index in [1.165, 1.54) is 11.3 Å². The molecule has 0 atom stereocenters. The molecule has 0 aliphatic carbocycles. The summed E-state index contributed by atoms with van der Waals surface area (Å²) in [6, 6.07) is 5.64. The molecule has 0 aliphatic rings. The number of nitrogens with one attached hydrogen (secondary N) is 2. The van der Waals surface area contributed by atoms with Gasteiger partial charge < -0.3 is 16.4 Å². The molecule has 7 nitrogen and oxygen atoms in total. The summed E-state index contributed by atoms with van der Waals surface area (Å²) in [7, 11) is 0. The molecule has 2 rings (SSSR count). The van der Waals surface area contributed by atoms with Crippen LogP contribution in [0.1, 0.15) is 11.4 Å². The van der Waals surface area contributed by atoms with E-state index in [1.54, 1.807) is 5.38 Å². The van der Waals surface area contributed by atoms with E-state index in [0.717, 1.165) is 5.69 Å². The van der Waals surface area contributed by atoms with Gasteiger partial charge in [-0.15, -0.1) is 11.3 Å². The first-order chi connectivity index (χ1) is 10.0. The van der Waals surface area contributed by atoms with E-state index in [4.69, 9.17) is 5.73 Å². The summed E-state index contributed by atoms with van der Waals surface area (Å²) in [5.74, 6) is -0.164. The Morgan fingerprint density at radius 2 is 2.14 bits per heavy atom. The van der Waals surface area contributed by atoms with E-state index in [0.29, 0.717) is 16.6 Å². The number of aryl methyl sites for hydroxylation is 1. The average molecular weight is 305 g/mol. The van der Waals surface area contributed by atoms with Gasteiger partial charge in [0.15, 0.2) is 5.13 Å². The van der Waals surface area contributed by atoms with Crippen molar-refractivity contribution in [2.45, 2.75) is 13.3 Å². The minimum Gasteiger partial charge on any atom is -0.368 e. The minimum atomic E-state index is -0.575. The first-order valence-electron chi connectivity index (χ1n) is 6.23. The van der Waals surface area contributed by atoms with Crippen LogP contribution in [0.5, 0.6) is 0 Å². The summed E-state index contributed by atoms with van der Waals surface area (Å²) in [6.07, 6.45) is 0.104. The Labute approximate surface area is 125 Å². The lowest BCUT2D eigenvalue weighted by molar-refractivity contribution is -0.124. The van der Waals surface area contributed by atoms with Crippen molar-refractivity contribution >= 4 is 34.1 Å². The highest BCUT2D eigenvalue weighted by atomic mass is 32.1. The van der Waals surface area contributed by atoms with Gasteiger partial charge in [-0.25, -0.2) is 9.97 Å². The summed E-state index contributed by atoms with van der Waals surface area (Å²) >= 11 is 1.38. The van der Waals surface area contributed by atoms with Crippen LogP contribution < -0.4 is 16.4 Å². The molecule has 0 unspecified atom stereocenters. The molecule has 0 bridgehead atoms. The zero-order chi connectivity index (χ0) is 15.2. The van der Waals surface area contributed by atoms with Crippen molar-refractivity contribution in [3.05, 3.63) is 35.0 Å². The molecule has 0 fully saturated rings. The summed E-state index contributed by atoms with van der Waals surface area (Å²) in [5, 5.41) is 7.93. The number of carbonyl (C=O) groups is 2. The van der Waals surface area contributed by atoms with Gasteiger partial charge in [-0.05, 0) is 19.1 Å². The van der Waals surface area contributed by atoms with E-state index in [2.05, 4.69) is 20.6 Å². The standard InChI is InChI=1S/C13H15N5O2S/c1-8-3-2-4-11(16-8)18-13-17-9(7-21-13)5-12(20)15-6-10(14)19/h2-4,7H,5-6H2,1H3,(H2,14,19)(H,15,20)(H,16,17,18). The predicted octanol–water partition coefficient (Wildman–Crippen LogP) is 0.734. The van der Waals surface area contributed by atoms with Gasteiger partial charge >= 0.3 is 0 Å². The van der Waals surface area contributed by atoms with Gasteiger partial charge in [0.05, 0.1) is 18.7 Å². The van der Waals surface area contributed by atoms with Gasteiger partial charge in [-0.3, -0.25) is 9.59 Å². The molecule has 0 saturated heterocycles. The molecule has 4 N–H and O–H groups in total. The second-order valence-electron chi connectivity index (χ2n) is 4.35. The maximum atomic E-state index is 11.5. The molecule has 21 heavy (non-hydrogen) atoms. The molecule has 2 amide bonds. The second kappa shape index (κ2) is 6.80. The molecule has 8 heteroatoms. The Hall–Kier alpha value is -2.48. The van der Waals surface area contributed by atoms with Crippen molar-refractivity contribution in [2.24, 2.45) is 5.73 Å². The highest BCUT2D eigenvalue weighted by molar-refractivity contribution is 7.13. The van der Waals surface area contributed by atoms with E-state index in [1.807, 2.05) is 25.1 Å². The first kappa shape index (κ1) is 14.9. The summed E-state index contributed by atoms with van der Waals surface area (Å²) < 4.78 is 0. The lowest BCUT2D eigenvalue weighted by atomic mass is 10.3. The molecule has 0 saturated carbocycles. The van der Waals surface area contributed by atoms with Crippen LogP contribution in [0.3, 0.4) is 0 Å². The van der Waals surface area contributed by atoms with Crippen LogP contribution >= 0.6 is 11.3 Å². The normalized spacial score (nSPS) is 10.1. The summed E-state index contributed by atoms with van der Waals surface area (Å²) in [5.41, 5.74) is 6.48. The molecule has 2 heterocycles. The molecule has 110 valence electrons. The number of nitrogens with zero attached hydrogens (tertiary/aromatic N) is 2. The van der Waals surface area contributed by atoms with Crippen molar-refractivity contribution in [1.29, 1.82) is 0 Å². The molecular formula is C13H15N5O2S. The van der Waals surface area contributed by atoms with Gasteiger partial charge in [0.25, 0.3) is 0 Å². The number of pyridine rings is 1. The molecule has 2 aromatic heterocycles. The fourth-order valence-electron chi connectivity index (χ4n) is 1.58. The van der Waals surface area contributed by atoms with Gasteiger partial charge in [0.1, 0.15) is 5.82 Å². The van der Waals surface area contributed by atoms with Crippen LogP contribution in [0, 0.1) is 6.92 Å². The number of amides is 2. The highest BCUT2D eigenvalue weighted by Crippen LogP contribution is 2.20. The number of rotatable bonds is 6. The molecule has 2 aromatic rings. The topological polar surface area (TPSA) is 110 Å². The smallest absolute Gasteiger partial charge is 0.236 e. The number of anilines is 2. The highest BCUT2D eigenvalue weighted by Gasteiger charge is 2.08. The molecule has 0 aliphatic heterocycles. The number of aromatic nitrogens is 2. The summed E-state index contributed by atoms with van der Waals surface area (Å²) in [4.78, 5) is 30.7. The number of hydrogen-bond acceptors (Lipinski definition) is 6. The molecule has 0 aromatic carbocycles. The zero-order valence-electron chi connectivity index (χ0n) is 11.4. The average Bonchev–Trinajstić information content (AvgIpc) is 2.83. The Kier molecular flexibility index (Phi) is 4.83. The first-order valence-corrected chi connectivity index (χ1v) is 7.11. The van der Waals surface area contributed by atoms with Crippen molar-refractivity contribution in [3.8, 4) is 0 Å². The SMILES string of the molecule is Cc1cccc(Nc2nc(CC(=O)NCC(N)=O)cs2)n1. The molecule has 0 spiro atoms. The van der Waals surface area contributed by atoms with Gasteiger partial charge in [-0.1, -0.05) is 6.07 Å². The van der Waals surface area contributed by atoms with Gasteiger partial charge in [0.2, 0.25) is 11.8 Å². The maximum absolute atomic E-state index is 11.5. The molecule has 0 radical (unpaired) electrons. The summed E-state index contributed by atoms with van der Waals surface area (Å²) in [6.45, 7) is 1.74. The molecular weight excluding hydrogens is 290 g/mol. The maximum Gasteiger partial charge on any atom is 0.236 e. The third kappa shape index (κ3) is 4.84. The second-order valence-corrected chi connectivity index (χ2v) is 5.21. The third-order valence-corrected chi connectivity index (χ3v) is 3.28. The lowest BCUT2D eigenvalue weighted by Crippen LogP contribution is -2.34. The van der Waals surface area contributed by atoms with Crippen molar-refractivity contribution in [1.82, 2.24) is 15.3 Å². The number of primary amides is 1. The largest absolute Gasteiger partial charge is 0.368 e. The fraction of sp³-hybridized carbons (Fsp3) is 0.231. The number of thiazole rings is 1. The monoisotopic (exact) mass is 305 g/mol. The van der Waals surface area contributed by atoms with Crippen LogP contribution in [-0.2, 0) is 16.0 Å². The quantitative estimate of drug-likeness (QED) is 0.729. The predicted molar refractivity (Wildman–Crippen MR) is 80.3 cm³/mol. The Morgan fingerprint density at radius 3 is 2.86 bits per heavy atom.